The van der Waals surface area contributed by atoms with Gasteiger partial charge in [-0.1, -0.05) is 13.3 Å². The van der Waals surface area contributed by atoms with Gasteiger partial charge in [0.15, 0.2) is 0 Å². The summed E-state index contributed by atoms with van der Waals surface area (Å²) in [5, 5.41) is 0. The number of nitrogens with zero attached hydrogens (tertiary/aromatic N) is 2. The fourth-order valence-corrected chi connectivity index (χ4v) is 1.50. The quantitative estimate of drug-likeness (QED) is 0.689. The summed E-state index contributed by atoms with van der Waals surface area (Å²) in [5.74, 6) is 1.20. The molecule has 0 spiro atoms. The highest BCUT2D eigenvalue weighted by atomic mass is 32.1. The summed E-state index contributed by atoms with van der Waals surface area (Å²) in [4.78, 5) is 7.71. The third-order valence-corrected chi connectivity index (χ3v) is 2.59. The zero-order valence-electron chi connectivity index (χ0n) is 8.45. The van der Waals surface area contributed by atoms with Gasteiger partial charge in [0.2, 0.25) is 0 Å². The Labute approximate surface area is 86.1 Å². The van der Waals surface area contributed by atoms with Crippen LogP contribution in [0.3, 0.4) is 0 Å². The van der Waals surface area contributed by atoms with Crippen LogP contribution in [0.1, 0.15) is 32.6 Å². The van der Waals surface area contributed by atoms with Crippen LogP contribution in [0.4, 0.5) is 0 Å². The zero-order valence-corrected chi connectivity index (χ0v) is 9.35. The van der Waals surface area contributed by atoms with Crippen molar-refractivity contribution in [3.8, 4) is 0 Å². The molecule has 0 atom stereocenters. The Hall–Kier alpha value is -0.440. The molecule has 0 fully saturated rings. The maximum Gasteiger partial charge on any atom is 0.104 e. The summed E-state index contributed by atoms with van der Waals surface area (Å²) in [6.07, 6.45) is 6.43. The van der Waals surface area contributed by atoms with E-state index in [1.807, 2.05) is 6.20 Å². The van der Waals surface area contributed by atoms with Crippen LogP contribution < -0.4 is 0 Å². The lowest BCUT2D eigenvalue weighted by Gasteiger charge is -2.22. The van der Waals surface area contributed by atoms with Gasteiger partial charge in [-0.05, 0) is 12.8 Å². The van der Waals surface area contributed by atoms with Crippen LogP contribution in [0.25, 0.3) is 0 Å². The number of allylic oxidation sites excluding steroid dienone is 1. The second-order valence-corrected chi connectivity index (χ2v) is 4.02. The highest BCUT2D eigenvalue weighted by molar-refractivity contribution is 7.84. The fourth-order valence-electron chi connectivity index (χ4n) is 1.33. The van der Waals surface area contributed by atoms with E-state index in [4.69, 9.17) is 0 Å². The average Bonchev–Trinajstić information content (AvgIpc) is 2.15. The predicted molar refractivity (Wildman–Crippen MR) is 61.3 cm³/mol. The van der Waals surface area contributed by atoms with Crippen molar-refractivity contribution in [3.63, 3.8) is 0 Å². The number of amidine groups is 1. The molecule has 74 valence electrons. The van der Waals surface area contributed by atoms with E-state index < -0.39 is 0 Å². The molecule has 1 rings (SSSR count). The Balaban J connectivity index is 2.43. The minimum Gasteiger partial charge on any atom is -0.363 e. The summed E-state index contributed by atoms with van der Waals surface area (Å²) in [6, 6.07) is 0. The molecule has 0 unspecified atom stereocenters. The van der Waals surface area contributed by atoms with Gasteiger partial charge in [0, 0.05) is 31.1 Å². The molecular formula is C10H18N2S. The van der Waals surface area contributed by atoms with E-state index in [-0.39, 0.29) is 0 Å². The first kappa shape index (κ1) is 10.6. The molecule has 0 saturated heterocycles. The molecule has 1 aliphatic rings. The first-order valence-electron chi connectivity index (χ1n) is 4.90. The zero-order chi connectivity index (χ0) is 9.68. The number of hydrogen-bond acceptors (Lipinski definition) is 3. The molecule has 0 N–H and O–H groups in total. The van der Waals surface area contributed by atoms with Gasteiger partial charge in [0.1, 0.15) is 5.84 Å². The van der Waals surface area contributed by atoms with E-state index in [0.29, 0.717) is 0 Å². The Kier molecular flexibility index (Phi) is 4.36. The molecular weight excluding hydrogens is 180 g/mol. The van der Waals surface area contributed by atoms with Gasteiger partial charge in [0.25, 0.3) is 0 Å². The minimum atomic E-state index is 1.04. The highest BCUT2D eigenvalue weighted by Crippen LogP contribution is 2.16. The van der Waals surface area contributed by atoms with Gasteiger partial charge in [-0.15, -0.1) is 12.6 Å². The maximum absolute atomic E-state index is 4.37. The molecule has 0 radical (unpaired) electrons. The van der Waals surface area contributed by atoms with E-state index in [0.717, 1.165) is 24.3 Å². The molecule has 0 saturated carbocycles. The Morgan fingerprint density at radius 1 is 1.54 bits per heavy atom. The third-order valence-electron chi connectivity index (χ3n) is 2.26. The molecule has 13 heavy (non-hydrogen) atoms. The van der Waals surface area contributed by atoms with Gasteiger partial charge >= 0.3 is 0 Å². The van der Waals surface area contributed by atoms with E-state index in [2.05, 4.69) is 36.5 Å². The topological polar surface area (TPSA) is 15.6 Å². The highest BCUT2D eigenvalue weighted by Gasteiger charge is 2.09. The first-order valence-corrected chi connectivity index (χ1v) is 5.34. The number of thiol groups is 1. The number of unbranched alkanes of at least 4 members (excludes halogenated alkanes) is 1. The second-order valence-electron chi connectivity index (χ2n) is 3.44. The Bertz CT molecular complexity index is 221. The van der Waals surface area contributed by atoms with Crippen molar-refractivity contribution in [2.45, 2.75) is 32.6 Å². The predicted octanol–water partition coefficient (Wildman–Crippen LogP) is 2.68. The normalized spacial score (nSPS) is 16.5. The smallest absolute Gasteiger partial charge is 0.104 e. The van der Waals surface area contributed by atoms with E-state index in [9.17, 15) is 0 Å². The summed E-state index contributed by atoms with van der Waals surface area (Å²) in [6.45, 7) is 3.33. The molecule has 0 aliphatic carbocycles. The molecule has 0 aromatic heterocycles. The molecule has 1 aliphatic heterocycles. The van der Waals surface area contributed by atoms with Crippen LogP contribution in [0.2, 0.25) is 0 Å². The Morgan fingerprint density at radius 2 is 2.31 bits per heavy atom. The van der Waals surface area contributed by atoms with Gasteiger partial charge in [-0.2, -0.15) is 0 Å². The lowest BCUT2D eigenvalue weighted by atomic mass is 10.2. The molecule has 1 heterocycles. The summed E-state index contributed by atoms with van der Waals surface area (Å²) in [5.41, 5.74) is 0. The van der Waals surface area contributed by atoms with Crippen LogP contribution in [0.15, 0.2) is 16.1 Å². The fraction of sp³-hybridized carbons (Fsp3) is 0.700. The van der Waals surface area contributed by atoms with E-state index >= 15 is 0 Å². The lowest BCUT2D eigenvalue weighted by molar-refractivity contribution is 0.473. The lowest BCUT2D eigenvalue weighted by Crippen LogP contribution is -2.28. The molecule has 0 amide bonds. The summed E-state index contributed by atoms with van der Waals surface area (Å²) >= 11 is 4.28. The molecule has 0 aromatic carbocycles. The van der Waals surface area contributed by atoms with Gasteiger partial charge in [-0.25, -0.2) is 4.99 Å². The SMILES string of the molecule is CCCCN(C)C1=NC=C(S)CC1. The number of rotatable bonds is 3. The number of hydrogen-bond donors (Lipinski definition) is 1. The molecule has 0 bridgehead atoms. The third kappa shape index (κ3) is 3.43. The maximum atomic E-state index is 4.37. The van der Waals surface area contributed by atoms with Gasteiger partial charge in [-0.3, -0.25) is 0 Å². The van der Waals surface area contributed by atoms with Crippen molar-refractivity contribution >= 4 is 18.5 Å². The van der Waals surface area contributed by atoms with Crippen molar-refractivity contribution in [2.24, 2.45) is 4.99 Å². The van der Waals surface area contributed by atoms with Crippen LogP contribution in [-0.2, 0) is 0 Å². The van der Waals surface area contributed by atoms with Crippen LogP contribution in [0.5, 0.6) is 0 Å². The molecule has 3 heteroatoms. The summed E-state index contributed by atoms with van der Waals surface area (Å²) < 4.78 is 0. The number of aliphatic imine (C=N–C) groups is 1. The van der Waals surface area contributed by atoms with Gasteiger partial charge in [0.05, 0.1) is 0 Å². The van der Waals surface area contributed by atoms with E-state index in [1.165, 1.54) is 18.7 Å². The summed E-state index contributed by atoms with van der Waals surface area (Å²) in [7, 11) is 2.12. The van der Waals surface area contributed by atoms with Crippen molar-refractivity contribution in [1.82, 2.24) is 4.90 Å². The van der Waals surface area contributed by atoms with Crippen molar-refractivity contribution in [3.05, 3.63) is 11.1 Å². The minimum absolute atomic E-state index is 1.04. The van der Waals surface area contributed by atoms with Crippen molar-refractivity contribution < 1.29 is 0 Å². The Morgan fingerprint density at radius 3 is 2.85 bits per heavy atom. The van der Waals surface area contributed by atoms with Crippen molar-refractivity contribution in [1.29, 1.82) is 0 Å². The van der Waals surface area contributed by atoms with Crippen LogP contribution >= 0.6 is 12.6 Å². The monoisotopic (exact) mass is 198 g/mol. The second kappa shape index (κ2) is 5.32. The van der Waals surface area contributed by atoms with Crippen LogP contribution in [-0.4, -0.2) is 24.3 Å². The van der Waals surface area contributed by atoms with Crippen molar-refractivity contribution in [2.75, 3.05) is 13.6 Å². The van der Waals surface area contributed by atoms with E-state index in [1.54, 1.807) is 0 Å². The van der Waals surface area contributed by atoms with Gasteiger partial charge < -0.3 is 4.90 Å². The molecule has 0 aromatic rings. The first-order chi connectivity index (χ1) is 6.24. The average molecular weight is 198 g/mol. The van der Waals surface area contributed by atoms with Crippen LogP contribution in [0, 0.1) is 0 Å². The molecule has 2 nitrogen and oxygen atoms in total. The largest absolute Gasteiger partial charge is 0.363 e. The standard InChI is InChI=1S/C10H18N2S/c1-3-4-7-12(2)10-6-5-9(13)8-11-10/h8,13H,3-7H2,1-2H3.